The Morgan fingerprint density at radius 3 is 3.17 bits per heavy atom. The van der Waals surface area contributed by atoms with E-state index < -0.39 is 0 Å². The Balaban J connectivity index is 2.10. The summed E-state index contributed by atoms with van der Waals surface area (Å²) in [5, 5.41) is 6.45. The van der Waals surface area contributed by atoms with Gasteiger partial charge in [0, 0.05) is 12.1 Å². The maximum atomic E-state index is 12.2. The second kappa shape index (κ2) is 5.87. The molecule has 4 heteroatoms. The summed E-state index contributed by atoms with van der Waals surface area (Å²) in [6.45, 7) is 6.31. The molecule has 0 fully saturated rings. The number of benzene rings is 1. The van der Waals surface area contributed by atoms with Crippen molar-refractivity contribution < 1.29 is 9.53 Å². The molecule has 4 nitrogen and oxygen atoms in total. The van der Waals surface area contributed by atoms with Crippen molar-refractivity contribution in [3.8, 4) is 5.75 Å². The van der Waals surface area contributed by atoms with E-state index >= 15 is 0 Å². The molecular weight excluding hydrogens is 228 g/mol. The van der Waals surface area contributed by atoms with Gasteiger partial charge in [0.1, 0.15) is 12.4 Å². The van der Waals surface area contributed by atoms with E-state index in [-0.39, 0.29) is 11.8 Å². The maximum absolute atomic E-state index is 12.2. The second-order valence-electron chi connectivity index (χ2n) is 4.53. The minimum Gasteiger partial charge on any atom is -0.490 e. The van der Waals surface area contributed by atoms with E-state index in [1.165, 1.54) is 0 Å². The first-order valence-electron chi connectivity index (χ1n) is 6.50. The highest BCUT2D eigenvalue weighted by atomic mass is 16.5. The molecule has 0 aliphatic carbocycles. The summed E-state index contributed by atoms with van der Waals surface area (Å²) in [4.78, 5) is 12.2. The van der Waals surface area contributed by atoms with Gasteiger partial charge >= 0.3 is 0 Å². The predicted octanol–water partition coefficient (Wildman–Crippen LogP) is 2.06. The van der Waals surface area contributed by atoms with Crippen LogP contribution in [0.3, 0.4) is 0 Å². The predicted molar refractivity (Wildman–Crippen MR) is 72.5 cm³/mol. The molecule has 1 heterocycles. The minimum absolute atomic E-state index is 0.124. The highest BCUT2D eigenvalue weighted by Gasteiger charge is 2.17. The van der Waals surface area contributed by atoms with Gasteiger partial charge < -0.3 is 15.4 Å². The van der Waals surface area contributed by atoms with Gasteiger partial charge in [0.2, 0.25) is 0 Å². The van der Waals surface area contributed by atoms with Crippen molar-refractivity contribution >= 4 is 11.5 Å². The number of hydrogen-bond donors (Lipinski definition) is 2. The van der Waals surface area contributed by atoms with Gasteiger partial charge in [-0.15, -0.1) is 0 Å². The molecule has 0 amide bonds. The smallest absolute Gasteiger partial charge is 0.179 e. The van der Waals surface area contributed by atoms with Gasteiger partial charge in [-0.3, -0.25) is 4.79 Å². The van der Waals surface area contributed by atoms with E-state index in [9.17, 15) is 4.79 Å². The molecule has 0 bridgehead atoms. The van der Waals surface area contributed by atoms with Crippen molar-refractivity contribution in [2.24, 2.45) is 0 Å². The number of ether oxygens (including phenoxy) is 1. The van der Waals surface area contributed by atoms with Crippen molar-refractivity contribution in [2.75, 3.05) is 25.0 Å². The van der Waals surface area contributed by atoms with E-state index in [0.717, 1.165) is 36.5 Å². The number of rotatable bonds is 5. The molecule has 0 aromatic heterocycles. The van der Waals surface area contributed by atoms with E-state index in [1.807, 2.05) is 25.1 Å². The third-order valence-corrected chi connectivity index (χ3v) is 3.03. The van der Waals surface area contributed by atoms with Crippen LogP contribution in [-0.2, 0) is 0 Å². The Bertz CT molecular complexity index is 432. The molecule has 0 radical (unpaired) electrons. The molecule has 1 aliphatic rings. The van der Waals surface area contributed by atoms with E-state index in [1.54, 1.807) is 0 Å². The molecule has 2 rings (SSSR count). The third-order valence-electron chi connectivity index (χ3n) is 3.03. The summed E-state index contributed by atoms with van der Waals surface area (Å²) in [6, 6.07) is 5.42. The molecule has 98 valence electrons. The van der Waals surface area contributed by atoms with Crippen LogP contribution in [0.1, 0.15) is 30.6 Å². The molecule has 0 saturated heterocycles. The van der Waals surface area contributed by atoms with Crippen molar-refractivity contribution in [1.29, 1.82) is 0 Å². The number of hydrogen-bond acceptors (Lipinski definition) is 4. The number of ketones is 1. The quantitative estimate of drug-likeness (QED) is 0.783. The van der Waals surface area contributed by atoms with Crippen molar-refractivity contribution in [2.45, 2.75) is 26.3 Å². The van der Waals surface area contributed by atoms with Gasteiger partial charge in [0.25, 0.3) is 0 Å². The van der Waals surface area contributed by atoms with Crippen LogP contribution in [0, 0.1) is 0 Å². The van der Waals surface area contributed by atoms with Gasteiger partial charge in [-0.05, 0) is 38.1 Å². The lowest BCUT2D eigenvalue weighted by molar-refractivity contribution is 0.0951. The van der Waals surface area contributed by atoms with Gasteiger partial charge in [0.15, 0.2) is 5.78 Å². The fraction of sp³-hybridized carbons (Fsp3) is 0.500. The third kappa shape index (κ3) is 2.82. The van der Waals surface area contributed by atoms with Crippen LogP contribution in [0.15, 0.2) is 18.2 Å². The van der Waals surface area contributed by atoms with Crippen molar-refractivity contribution in [3.05, 3.63) is 23.8 Å². The second-order valence-corrected chi connectivity index (χ2v) is 4.53. The number of fused-ring (bicyclic) bond motifs is 1. The SMILES string of the molecule is CCCNC(C)C(=O)c1ccc2c(c1)NCCO2. The van der Waals surface area contributed by atoms with Crippen LogP contribution in [-0.4, -0.2) is 31.5 Å². The zero-order chi connectivity index (χ0) is 13.0. The van der Waals surface area contributed by atoms with Crippen molar-refractivity contribution in [1.82, 2.24) is 5.32 Å². The van der Waals surface area contributed by atoms with Gasteiger partial charge in [0.05, 0.1) is 11.7 Å². The van der Waals surface area contributed by atoms with Crippen LogP contribution >= 0.6 is 0 Å². The molecule has 1 aromatic carbocycles. The average molecular weight is 248 g/mol. The number of carbonyl (C=O) groups is 1. The highest BCUT2D eigenvalue weighted by Crippen LogP contribution is 2.28. The summed E-state index contributed by atoms with van der Waals surface area (Å²) in [6.07, 6.45) is 1.03. The van der Waals surface area contributed by atoms with Crippen LogP contribution in [0.5, 0.6) is 5.75 Å². The molecule has 2 N–H and O–H groups in total. The highest BCUT2D eigenvalue weighted by molar-refractivity contribution is 6.01. The fourth-order valence-electron chi connectivity index (χ4n) is 2.00. The standard InChI is InChI=1S/C14H20N2O2/c1-3-6-15-10(2)14(17)11-4-5-13-12(9-11)16-7-8-18-13/h4-5,9-10,15-16H,3,6-8H2,1-2H3. The van der Waals surface area contributed by atoms with Gasteiger partial charge in [-0.25, -0.2) is 0 Å². The lowest BCUT2D eigenvalue weighted by atomic mass is 10.0. The summed E-state index contributed by atoms with van der Waals surface area (Å²) in [5.41, 5.74) is 1.64. The maximum Gasteiger partial charge on any atom is 0.179 e. The summed E-state index contributed by atoms with van der Waals surface area (Å²) >= 11 is 0. The van der Waals surface area contributed by atoms with E-state index in [4.69, 9.17) is 4.74 Å². The summed E-state index contributed by atoms with van der Waals surface area (Å²) in [7, 11) is 0. The summed E-state index contributed by atoms with van der Waals surface area (Å²) < 4.78 is 5.49. The average Bonchev–Trinajstić information content (AvgIpc) is 2.43. The molecule has 1 atom stereocenters. The monoisotopic (exact) mass is 248 g/mol. The van der Waals surface area contributed by atoms with Crippen LogP contribution in [0.4, 0.5) is 5.69 Å². The molecule has 1 aromatic rings. The van der Waals surface area contributed by atoms with Crippen LogP contribution in [0.25, 0.3) is 0 Å². The van der Waals surface area contributed by atoms with E-state index in [0.29, 0.717) is 6.61 Å². The molecular formula is C14H20N2O2. The number of carbonyl (C=O) groups excluding carboxylic acids is 1. The molecule has 0 spiro atoms. The Morgan fingerprint density at radius 1 is 1.56 bits per heavy atom. The Labute approximate surface area is 108 Å². The van der Waals surface area contributed by atoms with Crippen LogP contribution < -0.4 is 15.4 Å². The molecule has 1 aliphatic heterocycles. The fourth-order valence-corrected chi connectivity index (χ4v) is 2.00. The number of anilines is 1. The normalized spacial score (nSPS) is 15.2. The summed E-state index contributed by atoms with van der Waals surface area (Å²) in [5.74, 6) is 0.950. The number of Topliss-reactive ketones (excluding diaryl/α,β-unsaturated/α-hetero) is 1. The topological polar surface area (TPSA) is 50.4 Å². The largest absolute Gasteiger partial charge is 0.490 e. The minimum atomic E-state index is -0.146. The van der Waals surface area contributed by atoms with Crippen LogP contribution in [0.2, 0.25) is 0 Å². The van der Waals surface area contributed by atoms with E-state index in [2.05, 4.69) is 17.6 Å². The Morgan fingerprint density at radius 2 is 2.39 bits per heavy atom. The zero-order valence-electron chi connectivity index (χ0n) is 11.0. The lowest BCUT2D eigenvalue weighted by Crippen LogP contribution is -2.34. The Kier molecular flexibility index (Phi) is 4.20. The molecule has 0 saturated carbocycles. The zero-order valence-corrected chi connectivity index (χ0v) is 11.0. The number of nitrogens with one attached hydrogen (secondary N) is 2. The molecule has 18 heavy (non-hydrogen) atoms. The first-order valence-corrected chi connectivity index (χ1v) is 6.50. The Hall–Kier alpha value is -1.55. The first kappa shape index (κ1) is 12.9. The first-order chi connectivity index (χ1) is 8.72. The van der Waals surface area contributed by atoms with Crippen molar-refractivity contribution in [3.63, 3.8) is 0 Å². The van der Waals surface area contributed by atoms with Gasteiger partial charge in [-0.1, -0.05) is 6.92 Å². The van der Waals surface area contributed by atoms with Gasteiger partial charge in [-0.2, -0.15) is 0 Å². The molecule has 1 unspecified atom stereocenters. The lowest BCUT2D eigenvalue weighted by Gasteiger charge is -2.20.